The monoisotopic (exact) mass is 409 g/mol. The number of hydrogen-bond acceptors (Lipinski definition) is 5. The van der Waals surface area contributed by atoms with Gasteiger partial charge in [-0.05, 0) is 43.2 Å². The molecule has 0 bridgehead atoms. The molecule has 1 N–H and O–H groups in total. The predicted octanol–water partition coefficient (Wildman–Crippen LogP) is 4.35. The van der Waals surface area contributed by atoms with Crippen molar-refractivity contribution in [2.24, 2.45) is 0 Å². The predicted molar refractivity (Wildman–Crippen MR) is 111 cm³/mol. The zero-order chi connectivity index (χ0) is 20.2. The lowest BCUT2D eigenvalue weighted by atomic mass is 10.2. The molecule has 1 amide bonds. The van der Waals surface area contributed by atoms with Gasteiger partial charge in [-0.2, -0.15) is 0 Å². The van der Waals surface area contributed by atoms with Gasteiger partial charge in [0.1, 0.15) is 17.2 Å². The molecule has 4 aromatic rings. The Morgan fingerprint density at radius 2 is 2.03 bits per heavy atom. The van der Waals surface area contributed by atoms with Crippen LogP contribution in [0.15, 0.2) is 48.0 Å². The number of aryl methyl sites for hydroxylation is 2. The Balaban J connectivity index is 1.46. The summed E-state index contributed by atoms with van der Waals surface area (Å²) in [5, 5.41) is 5.36. The smallest absolute Gasteiger partial charge is 0.226 e. The SMILES string of the molecule is Cc1csc(NC(=O)CCCc2nc3cccnc3n2Cc2ccc(F)cc2)n1. The Morgan fingerprint density at radius 3 is 2.79 bits per heavy atom. The van der Waals surface area contributed by atoms with Gasteiger partial charge in [0.15, 0.2) is 10.8 Å². The molecule has 0 atom stereocenters. The van der Waals surface area contributed by atoms with Crippen LogP contribution < -0.4 is 5.32 Å². The molecular formula is C21H20FN5OS. The molecule has 0 fully saturated rings. The standard InChI is InChI=1S/C21H20FN5OS/c1-14-13-29-21(24-14)26-19(28)6-2-5-18-25-17-4-3-11-23-20(17)27(18)12-15-7-9-16(22)10-8-15/h3-4,7-11,13H,2,5-6,12H2,1H3,(H,24,26,28). The maximum Gasteiger partial charge on any atom is 0.226 e. The van der Waals surface area contributed by atoms with Gasteiger partial charge in [-0.15, -0.1) is 11.3 Å². The first-order valence-corrected chi connectivity index (χ1v) is 10.2. The van der Waals surface area contributed by atoms with Gasteiger partial charge in [-0.3, -0.25) is 4.79 Å². The molecule has 1 aromatic carbocycles. The quantitative estimate of drug-likeness (QED) is 0.493. The van der Waals surface area contributed by atoms with Crippen molar-refractivity contribution in [1.82, 2.24) is 19.5 Å². The number of thiazole rings is 1. The van der Waals surface area contributed by atoms with Gasteiger partial charge in [0, 0.05) is 24.4 Å². The number of amides is 1. The lowest BCUT2D eigenvalue weighted by Gasteiger charge is -2.09. The highest BCUT2D eigenvalue weighted by molar-refractivity contribution is 7.13. The summed E-state index contributed by atoms with van der Waals surface area (Å²) in [5.41, 5.74) is 3.46. The highest BCUT2D eigenvalue weighted by Crippen LogP contribution is 2.19. The lowest BCUT2D eigenvalue weighted by Crippen LogP contribution is -2.12. The molecule has 0 aliphatic heterocycles. The summed E-state index contributed by atoms with van der Waals surface area (Å²) < 4.78 is 15.3. The Kier molecular flexibility index (Phi) is 5.62. The molecule has 0 radical (unpaired) electrons. The fourth-order valence-electron chi connectivity index (χ4n) is 3.13. The normalized spacial score (nSPS) is 11.1. The number of rotatable bonds is 7. The second-order valence-corrected chi connectivity index (χ2v) is 7.64. The third-order valence-corrected chi connectivity index (χ3v) is 5.38. The van der Waals surface area contributed by atoms with Crippen molar-refractivity contribution in [3.05, 3.63) is 70.9 Å². The van der Waals surface area contributed by atoms with Crippen LogP contribution in [-0.2, 0) is 17.8 Å². The molecule has 0 unspecified atom stereocenters. The number of benzene rings is 1. The Labute approximate surface area is 171 Å². The minimum atomic E-state index is -0.260. The highest BCUT2D eigenvalue weighted by Gasteiger charge is 2.13. The lowest BCUT2D eigenvalue weighted by molar-refractivity contribution is -0.116. The molecule has 3 aromatic heterocycles. The zero-order valence-electron chi connectivity index (χ0n) is 15.9. The largest absolute Gasteiger partial charge is 0.308 e. The molecule has 3 heterocycles. The first kappa shape index (κ1) is 19.2. The first-order chi connectivity index (χ1) is 14.1. The molecule has 148 valence electrons. The van der Waals surface area contributed by atoms with Crippen LogP contribution in [0.1, 0.15) is 29.9 Å². The summed E-state index contributed by atoms with van der Waals surface area (Å²) in [6.45, 7) is 2.44. The Bertz CT molecular complexity index is 1140. The number of carbonyl (C=O) groups excluding carboxylic acids is 1. The molecular weight excluding hydrogens is 389 g/mol. The molecule has 8 heteroatoms. The van der Waals surface area contributed by atoms with E-state index in [2.05, 4.69) is 15.3 Å². The maximum atomic E-state index is 13.2. The summed E-state index contributed by atoms with van der Waals surface area (Å²) in [5.74, 6) is 0.545. The summed E-state index contributed by atoms with van der Waals surface area (Å²) in [6, 6.07) is 10.2. The van der Waals surface area contributed by atoms with Crippen molar-refractivity contribution in [3.8, 4) is 0 Å². The average Bonchev–Trinajstić information content (AvgIpc) is 3.27. The van der Waals surface area contributed by atoms with Crippen molar-refractivity contribution in [3.63, 3.8) is 0 Å². The highest BCUT2D eigenvalue weighted by atomic mass is 32.1. The molecule has 0 saturated heterocycles. The average molecular weight is 409 g/mol. The van der Waals surface area contributed by atoms with Gasteiger partial charge in [-0.25, -0.2) is 19.3 Å². The van der Waals surface area contributed by atoms with Crippen molar-refractivity contribution in [2.45, 2.75) is 32.7 Å². The number of hydrogen-bond donors (Lipinski definition) is 1. The van der Waals surface area contributed by atoms with Crippen LogP contribution in [0.5, 0.6) is 0 Å². The van der Waals surface area contributed by atoms with E-state index in [0.29, 0.717) is 30.9 Å². The van der Waals surface area contributed by atoms with Gasteiger partial charge in [0.05, 0.1) is 12.2 Å². The van der Waals surface area contributed by atoms with Gasteiger partial charge in [-0.1, -0.05) is 12.1 Å². The van der Waals surface area contributed by atoms with Crippen LogP contribution in [0, 0.1) is 12.7 Å². The number of aromatic nitrogens is 4. The summed E-state index contributed by atoms with van der Waals surface area (Å²) >= 11 is 1.42. The summed E-state index contributed by atoms with van der Waals surface area (Å²) in [4.78, 5) is 25.6. The molecule has 4 rings (SSSR count). The van der Waals surface area contributed by atoms with Crippen molar-refractivity contribution < 1.29 is 9.18 Å². The van der Waals surface area contributed by atoms with E-state index in [4.69, 9.17) is 4.98 Å². The number of nitrogens with one attached hydrogen (secondary N) is 1. The molecule has 0 aliphatic rings. The van der Waals surface area contributed by atoms with Crippen molar-refractivity contribution >= 4 is 33.5 Å². The fourth-order valence-corrected chi connectivity index (χ4v) is 3.84. The van der Waals surface area contributed by atoms with Crippen LogP contribution in [0.2, 0.25) is 0 Å². The minimum absolute atomic E-state index is 0.0568. The number of pyridine rings is 1. The Hall–Kier alpha value is -3.13. The fraction of sp³-hybridized carbons (Fsp3) is 0.238. The third-order valence-electron chi connectivity index (χ3n) is 4.51. The zero-order valence-corrected chi connectivity index (χ0v) is 16.7. The van der Waals surface area contributed by atoms with Crippen LogP contribution >= 0.6 is 11.3 Å². The molecule has 0 spiro atoms. The maximum absolute atomic E-state index is 13.2. The molecule has 0 aliphatic carbocycles. The van der Waals surface area contributed by atoms with E-state index in [0.717, 1.165) is 28.2 Å². The number of anilines is 1. The number of fused-ring (bicyclic) bond motifs is 1. The van der Waals surface area contributed by atoms with E-state index in [9.17, 15) is 9.18 Å². The van der Waals surface area contributed by atoms with Gasteiger partial charge < -0.3 is 9.88 Å². The van der Waals surface area contributed by atoms with Crippen molar-refractivity contribution in [1.29, 1.82) is 0 Å². The number of imidazole rings is 1. The summed E-state index contributed by atoms with van der Waals surface area (Å²) in [7, 11) is 0. The second kappa shape index (κ2) is 8.48. The van der Waals surface area contributed by atoms with E-state index >= 15 is 0 Å². The van der Waals surface area contributed by atoms with Gasteiger partial charge >= 0.3 is 0 Å². The van der Waals surface area contributed by atoms with E-state index in [1.807, 2.05) is 29.0 Å². The van der Waals surface area contributed by atoms with Crippen LogP contribution in [0.3, 0.4) is 0 Å². The van der Waals surface area contributed by atoms with Crippen LogP contribution in [0.25, 0.3) is 11.2 Å². The molecule has 6 nitrogen and oxygen atoms in total. The second-order valence-electron chi connectivity index (χ2n) is 6.78. The topological polar surface area (TPSA) is 72.7 Å². The third kappa shape index (κ3) is 4.65. The van der Waals surface area contributed by atoms with Crippen molar-refractivity contribution in [2.75, 3.05) is 5.32 Å². The minimum Gasteiger partial charge on any atom is -0.308 e. The van der Waals surface area contributed by atoms with Gasteiger partial charge in [0.2, 0.25) is 5.91 Å². The van der Waals surface area contributed by atoms with E-state index < -0.39 is 0 Å². The van der Waals surface area contributed by atoms with Crippen LogP contribution in [0.4, 0.5) is 9.52 Å². The van der Waals surface area contributed by atoms with Gasteiger partial charge in [0.25, 0.3) is 0 Å². The summed E-state index contributed by atoms with van der Waals surface area (Å²) in [6.07, 6.45) is 3.41. The number of halogens is 1. The molecule has 0 saturated carbocycles. The van der Waals surface area contributed by atoms with E-state index in [1.165, 1.54) is 23.5 Å². The van der Waals surface area contributed by atoms with E-state index in [1.54, 1.807) is 18.3 Å². The van der Waals surface area contributed by atoms with E-state index in [-0.39, 0.29) is 11.7 Å². The number of nitrogens with zero attached hydrogens (tertiary/aromatic N) is 4. The first-order valence-electron chi connectivity index (χ1n) is 9.35. The van der Waals surface area contributed by atoms with Crippen LogP contribution in [-0.4, -0.2) is 25.4 Å². The number of carbonyl (C=O) groups is 1. The molecule has 29 heavy (non-hydrogen) atoms. The Morgan fingerprint density at radius 1 is 1.21 bits per heavy atom.